The number of halogens is 2. The fourth-order valence-electron chi connectivity index (χ4n) is 1.73. The van der Waals surface area contributed by atoms with Gasteiger partial charge in [0.25, 0.3) is 0 Å². The second kappa shape index (κ2) is 6.27. The van der Waals surface area contributed by atoms with Crippen molar-refractivity contribution in [3.05, 3.63) is 33.8 Å². The van der Waals surface area contributed by atoms with E-state index < -0.39 is 0 Å². The maximum Gasteiger partial charge on any atom is 0.136 e. The second-order valence-electron chi connectivity index (χ2n) is 3.88. The minimum absolute atomic E-state index is 0.0993. The standard InChI is InChI=1S/C13H16Cl2O/c1-3-10(13(16)4-2)7-9-5-6-11(14)12(15)8-9/h5-6,8,10H,3-4,7H2,1-2H3. The lowest BCUT2D eigenvalue weighted by atomic mass is 9.92. The maximum absolute atomic E-state index is 11.6. The molecule has 0 aliphatic carbocycles. The third kappa shape index (κ3) is 3.50. The van der Waals surface area contributed by atoms with Gasteiger partial charge in [0.2, 0.25) is 0 Å². The highest BCUT2D eigenvalue weighted by Crippen LogP contribution is 2.24. The first-order chi connectivity index (χ1) is 7.58. The highest BCUT2D eigenvalue weighted by Gasteiger charge is 2.15. The molecule has 0 amide bonds. The second-order valence-corrected chi connectivity index (χ2v) is 4.69. The first kappa shape index (κ1) is 13.5. The molecule has 1 rings (SSSR count). The Labute approximate surface area is 107 Å². The van der Waals surface area contributed by atoms with Gasteiger partial charge in [-0.2, -0.15) is 0 Å². The van der Waals surface area contributed by atoms with Crippen molar-refractivity contribution < 1.29 is 4.79 Å². The monoisotopic (exact) mass is 258 g/mol. The summed E-state index contributed by atoms with van der Waals surface area (Å²) in [5.41, 5.74) is 1.07. The summed E-state index contributed by atoms with van der Waals surface area (Å²) in [4.78, 5) is 11.6. The quantitative estimate of drug-likeness (QED) is 0.758. The number of hydrogen-bond acceptors (Lipinski definition) is 1. The minimum atomic E-state index is 0.0993. The predicted octanol–water partition coefficient (Wildman–Crippen LogP) is 4.54. The number of carbonyl (C=O) groups excluding carboxylic acids is 1. The summed E-state index contributed by atoms with van der Waals surface area (Å²) in [5, 5.41) is 1.11. The highest BCUT2D eigenvalue weighted by molar-refractivity contribution is 6.42. The highest BCUT2D eigenvalue weighted by atomic mass is 35.5. The van der Waals surface area contributed by atoms with Gasteiger partial charge in [-0.05, 0) is 30.5 Å². The molecule has 0 radical (unpaired) electrons. The Bertz CT molecular complexity index is 374. The molecule has 0 N–H and O–H groups in total. The molecule has 3 heteroatoms. The smallest absolute Gasteiger partial charge is 0.136 e. The predicted molar refractivity (Wildman–Crippen MR) is 69.2 cm³/mol. The number of rotatable bonds is 5. The van der Waals surface area contributed by atoms with Crippen LogP contribution in [0.5, 0.6) is 0 Å². The molecule has 0 saturated heterocycles. The summed E-state index contributed by atoms with van der Waals surface area (Å²) in [7, 11) is 0. The summed E-state index contributed by atoms with van der Waals surface area (Å²) >= 11 is 11.8. The normalized spacial score (nSPS) is 12.5. The van der Waals surface area contributed by atoms with Gasteiger partial charge in [0.1, 0.15) is 5.78 Å². The molecule has 0 aromatic heterocycles. The van der Waals surface area contributed by atoms with Crippen LogP contribution in [-0.2, 0) is 11.2 Å². The summed E-state index contributed by atoms with van der Waals surface area (Å²) < 4.78 is 0. The number of benzene rings is 1. The van der Waals surface area contributed by atoms with E-state index in [-0.39, 0.29) is 5.92 Å². The van der Waals surface area contributed by atoms with Gasteiger partial charge in [0, 0.05) is 12.3 Å². The van der Waals surface area contributed by atoms with Crippen molar-refractivity contribution in [2.45, 2.75) is 33.1 Å². The number of carbonyl (C=O) groups is 1. The third-order valence-electron chi connectivity index (χ3n) is 2.76. The molecule has 88 valence electrons. The molecular weight excluding hydrogens is 243 g/mol. The first-order valence-electron chi connectivity index (χ1n) is 5.55. The van der Waals surface area contributed by atoms with Crippen LogP contribution in [0.3, 0.4) is 0 Å². The van der Waals surface area contributed by atoms with Gasteiger partial charge in [-0.15, -0.1) is 0 Å². The lowest BCUT2D eigenvalue weighted by molar-refractivity contribution is -0.122. The molecule has 0 aliphatic heterocycles. The van der Waals surface area contributed by atoms with Crippen LogP contribution in [-0.4, -0.2) is 5.78 Å². The van der Waals surface area contributed by atoms with Crippen LogP contribution in [0.25, 0.3) is 0 Å². The van der Waals surface area contributed by atoms with E-state index in [9.17, 15) is 4.79 Å². The summed E-state index contributed by atoms with van der Waals surface area (Å²) in [6.45, 7) is 3.94. The number of ketones is 1. The van der Waals surface area contributed by atoms with Gasteiger partial charge in [0.05, 0.1) is 10.0 Å². The Morgan fingerprint density at radius 1 is 1.25 bits per heavy atom. The van der Waals surface area contributed by atoms with Crippen LogP contribution < -0.4 is 0 Å². The van der Waals surface area contributed by atoms with Crippen LogP contribution in [0.1, 0.15) is 32.3 Å². The van der Waals surface area contributed by atoms with E-state index in [0.717, 1.165) is 18.4 Å². The van der Waals surface area contributed by atoms with Crippen LogP contribution in [0.2, 0.25) is 10.0 Å². The van der Waals surface area contributed by atoms with E-state index in [1.54, 1.807) is 6.07 Å². The average Bonchev–Trinajstić information content (AvgIpc) is 2.29. The van der Waals surface area contributed by atoms with Crippen molar-refractivity contribution in [3.8, 4) is 0 Å². The fraction of sp³-hybridized carbons (Fsp3) is 0.462. The van der Waals surface area contributed by atoms with E-state index in [4.69, 9.17) is 23.2 Å². The summed E-state index contributed by atoms with van der Waals surface area (Å²) in [6.07, 6.45) is 2.22. The number of hydrogen-bond donors (Lipinski definition) is 0. The summed E-state index contributed by atoms with van der Waals surface area (Å²) in [6, 6.07) is 5.55. The Hall–Kier alpha value is -0.530. The van der Waals surface area contributed by atoms with E-state index in [0.29, 0.717) is 22.2 Å². The molecule has 1 aromatic rings. The van der Waals surface area contributed by atoms with Crippen LogP contribution in [0.15, 0.2) is 18.2 Å². The topological polar surface area (TPSA) is 17.1 Å². The van der Waals surface area contributed by atoms with Crippen molar-refractivity contribution >= 4 is 29.0 Å². The zero-order valence-corrected chi connectivity index (χ0v) is 11.1. The molecule has 0 aliphatic rings. The van der Waals surface area contributed by atoms with Crippen molar-refractivity contribution in [2.24, 2.45) is 5.92 Å². The van der Waals surface area contributed by atoms with Crippen LogP contribution >= 0.6 is 23.2 Å². The van der Waals surface area contributed by atoms with Gasteiger partial charge in [-0.1, -0.05) is 43.1 Å². The van der Waals surface area contributed by atoms with E-state index in [1.807, 2.05) is 26.0 Å². The van der Waals surface area contributed by atoms with Crippen LogP contribution in [0.4, 0.5) is 0 Å². The molecule has 16 heavy (non-hydrogen) atoms. The largest absolute Gasteiger partial charge is 0.299 e. The van der Waals surface area contributed by atoms with Gasteiger partial charge in [-0.25, -0.2) is 0 Å². The van der Waals surface area contributed by atoms with E-state index in [1.165, 1.54) is 0 Å². The molecule has 0 fully saturated rings. The van der Waals surface area contributed by atoms with Gasteiger partial charge in [-0.3, -0.25) is 4.79 Å². The van der Waals surface area contributed by atoms with E-state index >= 15 is 0 Å². The molecule has 0 bridgehead atoms. The van der Waals surface area contributed by atoms with Crippen molar-refractivity contribution in [1.82, 2.24) is 0 Å². The zero-order valence-electron chi connectivity index (χ0n) is 9.59. The van der Waals surface area contributed by atoms with Crippen LogP contribution in [0, 0.1) is 5.92 Å². The molecular formula is C13H16Cl2O. The molecule has 1 aromatic carbocycles. The SMILES string of the molecule is CCC(=O)C(CC)Cc1ccc(Cl)c(Cl)c1. The lowest BCUT2D eigenvalue weighted by Gasteiger charge is -2.13. The van der Waals surface area contributed by atoms with Crippen molar-refractivity contribution in [2.75, 3.05) is 0 Å². The zero-order chi connectivity index (χ0) is 12.1. The Balaban J connectivity index is 2.78. The first-order valence-corrected chi connectivity index (χ1v) is 6.30. The molecule has 0 heterocycles. The fourth-order valence-corrected chi connectivity index (χ4v) is 2.05. The average molecular weight is 259 g/mol. The number of Topliss-reactive ketones (excluding diaryl/α,β-unsaturated/α-hetero) is 1. The van der Waals surface area contributed by atoms with Gasteiger partial charge >= 0.3 is 0 Å². The minimum Gasteiger partial charge on any atom is -0.299 e. The molecule has 0 spiro atoms. The molecule has 1 unspecified atom stereocenters. The molecule has 1 nitrogen and oxygen atoms in total. The van der Waals surface area contributed by atoms with Gasteiger partial charge < -0.3 is 0 Å². The Morgan fingerprint density at radius 3 is 2.44 bits per heavy atom. The lowest BCUT2D eigenvalue weighted by Crippen LogP contribution is -2.15. The Kier molecular flexibility index (Phi) is 5.30. The molecule has 0 saturated carbocycles. The summed E-state index contributed by atoms with van der Waals surface area (Å²) in [5.74, 6) is 0.413. The molecule has 1 atom stereocenters. The van der Waals surface area contributed by atoms with E-state index in [2.05, 4.69) is 0 Å². The Morgan fingerprint density at radius 2 is 1.94 bits per heavy atom. The van der Waals surface area contributed by atoms with Crippen molar-refractivity contribution in [1.29, 1.82) is 0 Å². The van der Waals surface area contributed by atoms with Crippen molar-refractivity contribution in [3.63, 3.8) is 0 Å². The van der Waals surface area contributed by atoms with Gasteiger partial charge in [0.15, 0.2) is 0 Å². The maximum atomic E-state index is 11.6. The third-order valence-corrected chi connectivity index (χ3v) is 3.50.